The van der Waals surface area contributed by atoms with E-state index in [1.807, 2.05) is 0 Å². The number of rotatable bonds is 3. The van der Waals surface area contributed by atoms with Gasteiger partial charge in [-0.15, -0.1) is 0 Å². The van der Waals surface area contributed by atoms with E-state index in [1.165, 1.54) is 31.7 Å². The molecule has 3 aromatic rings. The molecule has 23 heavy (non-hydrogen) atoms. The fourth-order valence-corrected chi connectivity index (χ4v) is 2.11. The lowest BCUT2D eigenvalue weighted by Gasteiger charge is -2.06. The monoisotopic (exact) mass is 312 g/mol. The number of fused-ring (bicyclic) bond motifs is 1. The van der Waals surface area contributed by atoms with Crippen molar-refractivity contribution in [1.29, 1.82) is 0 Å². The number of hydrogen-bond acceptors (Lipinski definition) is 5. The van der Waals surface area contributed by atoms with Gasteiger partial charge in [0.1, 0.15) is 11.3 Å². The van der Waals surface area contributed by atoms with Crippen LogP contribution in [0.5, 0.6) is 5.75 Å². The summed E-state index contributed by atoms with van der Waals surface area (Å²) >= 11 is 0. The van der Waals surface area contributed by atoms with Crippen LogP contribution >= 0.6 is 0 Å². The number of ether oxygens (including phenoxy) is 1. The normalized spacial score (nSPS) is 10.5. The Morgan fingerprint density at radius 2 is 2.00 bits per heavy atom. The second kappa shape index (κ2) is 5.80. The molecule has 1 aromatic carbocycles. The van der Waals surface area contributed by atoms with Crippen molar-refractivity contribution in [1.82, 2.24) is 4.98 Å². The van der Waals surface area contributed by atoms with Crippen molar-refractivity contribution in [2.24, 2.45) is 0 Å². The molecule has 0 atom stereocenters. The zero-order valence-electron chi connectivity index (χ0n) is 12.1. The Balaban J connectivity index is 1.91. The SMILES string of the molecule is COc1c[nH]c(C(=O)Nc2ccc3occc(=O)c3c2)cc1=O. The van der Waals surface area contributed by atoms with E-state index in [2.05, 4.69) is 10.3 Å². The molecule has 0 fully saturated rings. The highest BCUT2D eigenvalue weighted by Gasteiger charge is 2.10. The molecule has 0 spiro atoms. The molecule has 7 heteroatoms. The lowest BCUT2D eigenvalue weighted by molar-refractivity contribution is 0.102. The highest BCUT2D eigenvalue weighted by Crippen LogP contribution is 2.16. The largest absolute Gasteiger partial charge is 0.491 e. The molecule has 7 nitrogen and oxygen atoms in total. The van der Waals surface area contributed by atoms with E-state index in [0.717, 1.165) is 6.07 Å². The number of hydrogen-bond donors (Lipinski definition) is 2. The van der Waals surface area contributed by atoms with E-state index in [0.29, 0.717) is 16.7 Å². The van der Waals surface area contributed by atoms with Crippen LogP contribution in [0.1, 0.15) is 10.5 Å². The Hall–Kier alpha value is -3.35. The molecule has 2 N–H and O–H groups in total. The fraction of sp³-hybridized carbons (Fsp3) is 0.0625. The lowest BCUT2D eigenvalue weighted by Crippen LogP contribution is -2.17. The predicted molar refractivity (Wildman–Crippen MR) is 84.1 cm³/mol. The first-order valence-electron chi connectivity index (χ1n) is 6.68. The van der Waals surface area contributed by atoms with E-state index in [1.54, 1.807) is 12.1 Å². The first-order valence-corrected chi connectivity index (χ1v) is 6.68. The van der Waals surface area contributed by atoms with Crippen LogP contribution in [0.4, 0.5) is 5.69 Å². The van der Waals surface area contributed by atoms with Gasteiger partial charge in [-0.1, -0.05) is 0 Å². The molecule has 0 saturated carbocycles. The third-order valence-corrected chi connectivity index (χ3v) is 3.26. The molecule has 0 aliphatic rings. The van der Waals surface area contributed by atoms with Crippen LogP contribution < -0.4 is 20.9 Å². The minimum absolute atomic E-state index is 0.0796. The summed E-state index contributed by atoms with van der Waals surface area (Å²) in [4.78, 5) is 38.3. The number of benzene rings is 1. The summed E-state index contributed by atoms with van der Waals surface area (Å²) in [6.07, 6.45) is 2.62. The third-order valence-electron chi connectivity index (χ3n) is 3.26. The van der Waals surface area contributed by atoms with Gasteiger partial charge in [0.2, 0.25) is 5.43 Å². The average molecular weight is 312 g/mol. The number of pyridine rings is 1. The summed E-state index contributed by atoms with van der Waals surface area (Å²) in [5.74, 6) is -0.394. The molecule has 2 aromatic heterocycles. The second-order valence-electron chi connectivity index (χ2n) is 4.73. The van der Waals surface area contributed by atoms with Gasteiger partial charge < -0.3 is 19.5 Å². The second-order valence-corrected chi connectivity index (χ2v) is 4.73. The maximum absolute atomic E-state index is 12.2. The molecule has 116 valence electrons. The molecular weight excluding hydrogens is 300 g/mol. The molecular formula is C16H12N2O5. The molecule has 0 aliphatic heterocycles. The first-order chi connectivity index (χ1) is 11.1. The number of aromatic amines is 1. The van der Waals surface area contributed by atoms with Gasteiger partial charge in [-0.2, -0.15) is 0 Å². The Labute approximate surface area is 129 Å². The summed E-state index contributed by atoms with van der Waals surface area (Å²) in [6.45, 7) is 0. The topological polar surface area (TPSA) is 101 Å². The van der Waals surface area contributed by atoms with Crippen LogP contribution in [0.15, 0.2) is 56.8 Å². The maximum Gasteiger partial charge on any atom is 0.272 e. The quantitative estimate of drug-likeness (QED) is 0.767. The average Bonchev–Trinajstić information content (AvgIpc) is 2.55. The van der Waals surface area contributed by atoms with Crippen LogP contribution in [0.25, 0.3) is 11.0 Å². The molecule has 3 rings (SSSR count). The van der Waals surface area contributed by atoms with Crippen molar-refractivity contribution in [3.63, 3.8) is 0 Å². The van der Waals surface area contributed by atoms with E-state index in [4.69, 9.17) is 9.15 Å². The zero-order chi connectivity index (χ0) is 16.4. The van der Waals surface area contributed by atoms with Gasteiger partial charge in [0.15, 0.2) is 11.2 Å². The van der Waals surface area contributed by atoms with Crippen molar-refractivity contribution in [3.05, 3.63) is 68.9 Å². The van der Waals surface area contributed by atoms with Crippen molar-refractivity contribution < 1.29 is 13.9 Å². The van der Waals surface area contributed by atoms with E-state index >= 15 is 0 Å². The van der Waals surface area contributed by atoms with Crippen LogP contribution in [-0.4, -0.2) is 18.0 Å². The highest BCUT2D eigenvalue weighted by atomic mass is 16.5. The van der Waals surface area contributed by atoms with Gasteiger partial charge in [0.25, 0.3) is 5.91 Å². The molecule has 1 amide bonds. The first kappa shape index (κ1) is 14.6. The third kappa shape index (κ3) is 2.84. The number of carbonyl (C=O) groups is 1. The summed E-state index contributed by atoms with van der Waals surface area (Å²) in [6, 6.07) is 7.15. The van der Waals surface area contributed by atoms with Gasteiger partial charge in [-0.25, -0.2) is 0 Å². The Morgan fingerprint density at radius 3 is 2.74 bits per heavy atom. The zero-order valence-corrected chi connectivity index (χ0v) is 12.1. The Morgan fingerprint density at radius 1 is 1.17 bits per heavy atom. The predicted octanol–water partition coefficient (Wildman–Crippen LogP) is 1.74. The van der Waals surface area contributed by atoms with Crippen molar-refractivity contribution in [3.8, 4) is 5.75 Å². The lowest BCUT2D eigenvalue weighted by atomic mass is 10.2. The van der Waals surface area contributed by atoms with Crippen LogP contribution in [-0.2, 0) is 0 Å². The minimum Gasteiger partial charge on any atom is -0.491 e. The van der Waals surface area contributed by atoms with Crippen molar-refractivity contribution in [2.75, 3.05) is 12.4 Å². The molecule has 0 aliphatic carbocycles. The van der Waals surface area contributed by atoms with Crippen LogP contribution in [0.3, 0.4) is 0 Å². The van der Waals surface area contributed by atoms with E-state index in [-0.39, 0.29) is 16.9 Å². The van der Waals surface area contributed by atoms with E-state index < -0.39 is 11.3 Å². The molecule has 0 radical (unpaired) electrons. The number of methoxy groups -OCH3 is 1. The van der Waals surface area contributed by atoms with Gasteiger partial charge in [0.05, 0.1) is 18.8 Å². The summed E-state index contributed by atoms with van der Waals surface area (Å²) in [7, 11) is 1.37. The number of H-pyrrole nitrogens is 1. The van der Waals surface area contributed by atoms with Gasteiger partial charge in [0, 0.05) is 24.0 Å². The van der Waals surface area contributed by atoms with Gasteiger partial charge in [-0.05, 0) is 18.2 Å². The number of anilines is 1. The Kier molecular flexibility index (Phi) is 3.68. The number of carbonyl (C=O) groups excluding carboxylic acids is 1. The summed E-state index contributed by atoms with van der Waals surface area (Å²) in [5.41, 5.74) is 0.303. The van der Waals surface area contributed by atoms with Crippen molar-refractivity contribution in [2.45, 2.75) is 0 Å². The van der Waals surface area contributed by atoms with E-state index in [9.17, 15) is 14.4 Å². The van der Waals surface area contributed by atoms with Crippen LogP contribution in [0, 0.1) is 0 Å². The van der Waals surface area contributed by atoms with Gasteiger partial charge >= 0.3 is 0 Å². The smallest absolute Gasteiger partial charge is 0.272 e. The number of nitrogens with one attached hydrogen (secondary N) is 2. The fourth-order valence-electron chi connectivity index (χ4n) is 2.11. The standard InChI is InChI=1S/C16H12N2O5/c1-22-15-8-17-11(7-13(15)20)16(21)18-9-2-3-14-10(6-9)12(19)4-5-23-14/h2-8H,1H3,(H,17,20)(H,18,21). The van der Waals surface area contributed by atoms with Gasteiger partial charge in [-0.3, -0.25) is 14.4 Å². The minimum atomic E-state index is -0.510. The molecule has 0 saturated heterocycles. The molecule has 2 heterocycles. The number of amides is 1. The summed E-state index contributed by atoms with van der Waals surface area (Å²) in [5, 5.41) is 2.97. The highest BCUT2D eigenvalue weighted by molar-refractivity contribution is 6.03. The van der Waals surface area contributed by atoms with Crippen molar-refractivity contribution >= 4 is 22.6 Å². The summed E-state index contributed by atoms with van der Waals surface area (Å²) < 4.78 is 10.0. The molecule has 0 bridgehead atoms. The molecule has 0 unspecified atom stereocenters. The maximum atomic E-state index is 12.2. The Bertz CT molecular complexity index is 1000. The van der Waals surface area contributed by atoms with Crippen LogP contribution in [0.2, 0.25) is 0 Å². The number of aromatic nitrogens is 1.